The summed E-state index contributed by atoms with van der Waals surface area (Å²) in [4.78, 5) is 8.97. The molecule has 5 nitrogen and oxygen atoms in total. The molecule has 0 saturated carbocycles. The molecule has 26 heavy (non-hydrogen) atoms. The minimum Gasteiger partial charge on any atom is -0.292 e. The number of sulfone groups is 1. The molecule has 2 aromatic heterocycles. The van der Waals surface area contributed by atoms with E-state index in [9.17, 15) is 12.8 Å². The van der Waals surface area contributed by atoms with Crippen molar-refractivity contribution >= 4 is 20.9 Å². The maximum absolute atomic E-state index is 13.3. The maximum Gasteiger partial charge on any atom is 0.175 e. The Hall–Kier alpha value is -3.06. The number of fused-ring (bicyclic) bond motifs is 1. The molecule has 0 saturated heterocycles. The fourth-order valence-electron chi connectivity index (χ4n) is 2.83. The summed E-state index contributed by atoms with van der Waals surface area (Å²) in [6.45, 7) is 0. The van der Waals surface area contributed by atoms with Crippen LogP contribution in [-0.2, 0) is 9.84 Å². The maximum atomic E-state index is 13.3. The van der Waals surface area contributed by atoms with Crippen molar-refractivity contribution in [2.75, 3.05) is 6.26 Å². The first-order chi connectivity index (χ1) is 12.4. The van der Waals surface area contributed by atoms with Gasteiger partial charge in [-0.3, -0.25) is 9.55 Å². The predicted octanol–water partition coefficient (Wildman–Crippen LogP) is 3.63. The summed E-state index contributed by atoms with van der Waals surface area (Å²) in [6, 6.07) is 14.5. The molecule has 0 fully saturated rings. The SMILES string of the molecule is CS(=O)(=O)c1ccc(-c2nc3cnccc3n2-c2ccc(F)cc2)cc1. The molecule has 2 aromatic carbocycles. The lowest BCUT2D eigenvalue weighted by atomic mass is 10.2. The monoisotopic (exact) mass is 367 g/mol. The molecular weight excluding hydrogens is 353 g/mol. The average molecular weight is 367 g/mol. The Balaban J connectivity index is 1.95. The highest BCUT2D eigenvalue weighted by Crippen LogP contribution is 2.29. The third-order valence-electron chi connectivity index (χ3n) is 4.08. The predicted molar refractivity (Wildman–Crippen MR) is 97.4 cm³/mol. The van der Waals surface area contributed by atoms with Crippen LogP contribution in [0.2, 0.25) is 0 Å². The molecule has 0 atom stereocenters. The topological polar surface area (TPSA) is 64.8 Å². The van der Waals surface area contributed by atoms with Crippen molar-refractivity contribution in [1.29, 1.82) is 0 Å². The van der Waals surface area contributed by atoms with Crippen molar-refractivity contribution in [3.63, 3.8) is 0 Å². The lowest BCUT2D eigenvalue weighted by molar-refractivity contribution is 0.602. The van der Waals surface area contributed by atoms with Gasteiger partial charge in [0.15, 0.2) is 9.84 Å². The van der Waals surface area contributed by atoms with Crippen LogP contribution in [0.3, 0.4) is 0 Å². The van der Waals surface area contributed by atoms with E-state index in [-0.39, 0.29) is 10.7 Å². The summed E-state index contributed by atoms with van der Waals surface area (Å²) in [5.74, 6) is 0.304. The first-order valence-corrected chi connectivity index (χ1v) is 9.71. The molecule has 0 aliphatic carbocycles. The summed E-state index contributed by atoms with van der Waals surface area (Å²) in [5, 5.41) is 0. The summed E-state index contributed by atoms with van der Waals surface area (Å²) in [5.41, 5.74) is 3.02. The van der Waals surface area contributed by atoms with Crippen molar-refractivity contribution in [2.45, 2.75) is 4.90 Å². The van der Waals surface area contributed by atoms with E-state index in [0.29, 0.717) is 11.3 Å². The smallest absolute Gasteiger partial charge is 0.175 e. The fourth-order valence-corrected chi connectivity index (χ4v) is 3.46. The van der Waals surface area contributed by atoms with Crippen molar-refractivity contribution in [3.05, 3.63) is 72.8 Å². The van der Waals surface area contributed by atoms with E-state index in [1.165, 1.54) is 18.4 Å². The van der Waals surface area contributed by atoms with Crippen LogP contribution < -0.4 is 0 Å². The fraction of sp³-hybridized carbons (Fsp3) is 0.0526. The van der Waals surface area contributed by atoms with Gasteiger partial charge in [0, 0.05) is 23.7 Å². The molecule has 0 amide bonds. The van der Waals surface area contributed by atoms with Gasteiger partial charge in [-0.1, -0.05) is 0 Å². The summed E-state index contributed by atoms with van der Waals surface area (Å²) in [7, 11) is -3.27. The third-order valence-corrected chi connectivity index (χ3v) is 5.21. The molecule has 0 aliphatic heterocycles. The molecule has 4 rings (SSSR count). The van der Waals surface area contributed by atoms with Crippen LogP contribution in [0.1, 0.15) is 0 Å². The normalized spacial score (nSPS) is 11.8. The van der Waals surface area contributed by atoms with Crippen LogP contribution in [0.4, 0.5) is 4.39 Å². The zero-order chi connectivity index (χ0) is 18.3. The van der Waals surface area contributed by atoms with E-state index in [1.807, 2.05) is 10.6 Å². The minimum absolute atomic E-state index is 0.243. The zero-order valence-corrected chi connectivity index (χ0v) is 14.6. The Morgan fingerprint density at radius 1 is 0.962 bits per heavy atom. The largest absolute Gasteiger partial charge is 0.292 e. The average Bonchev–Trinajstić information content (AvgIpc) is 3.01. The molecule has 130 valence electrons. The lowest BCUT2D eigenvalue weighted by Crippen LogP contribution is -1.99. The third kappa shape index (κ3) is 2.86. The van der Waals surface area contributed by atoms with Crippen LogP contribution in [0.15, 0.2) is 71.9 Å². The first-order valence-electron chi connectivity index (χ1n) is 7.82. The number of benzene rings is 2. The number of imidazole rings is 1. The van der Waals surface area contributed by atoms with E-state index < -0.39 is 9.84 Å². The van der Waals surface area contributed by atoms with Gasteiger partial charge >= 0.3 is 0 Å². The van der Waals surface area contributed by atoms with E-state index in [0.717, 1.165) is 16.8 Å². The molecule has 2 heterocycles. The summed E-state index contributed by atoms with van der Waals surface area (Å²) >= 11 is 0. The number of pyridine rings is 1. The Morgan fingerprint density at radius 3 is 2.31 bits per heavy atom. The lowest BCUT2D eigenvalue weighted by Gasteiger charge is -2.10. The van der Waals surface area contributed by atoms with Crippen molar-refractivity contribution in [1.82, 2.24) is 14.5 Å². The van der Waals surface area contributed by atoms with Crippen LogP contribution in [0.5, 0.6) is 0 Å². The molecule has 0 N–H and O–H groups in total. The molecule has 0 bridgehead atoms. The number of hydrogen-bond donors (Lipinski definition) is 0. The first kappa shape index (κ1) is 16.4. The number of aromatic nitrogens is 3. The van der Waals surface area contributed by atoms with Gasteiger partial charge in [-0.05, 0) is 54.6 Å². The molecule has 0 aliphatic rings. The second kappa shape index (κ2) is 6.03. The van der Waals surface area contributed by atoms with Gasteiger partial charge in [-0.15, -0.1) is 0 Å². The molecule has 7 heteroatoms. The molecule has 0 radical (unpaired) electrons. The summed E-state index contributed by atoms with van der Waals surface area (Å²) < 4.78 is 38.6. The van der Waals surface area contributed by atoms with Gasteiger partial charge in [0.25, 0.3) is 0 Å². The van der Waals surface area contributed by atoms with E-state index >= 15 is 0 Å². The van der Waals surface area contributed by atoms with E-state index in [4.69, 9.17) is 0 Å². The second-order valence-corrected chi connectivity index (χ2v) is 7.92. The van der Waals surface area contributed by atoms with E-state index in [2.05, 4.69) is 9.97 Å². The van der Waals surface area contributed by atoms with Gasteiger partial charge in [-0.25, -0.2) is 17.8 Å². The minimum atomic E-state index is -3.27. The van der Waals surface area contributed by atoms with E-state index in [1.54, 1.807) is 48.8 Å². The molecule has 0 spiro atoms. The standard InChI is InChI=1S/C19H14FN3O2S/c1-26(24,25)16-8-2-13(3-9-16)19-22-17-12-21-11-10-18(17)23(19)15-6-4-14(20)5-7-15/h2-12H,1H3. The van der Waals surface area contributed by atoms with Crippen molar-refractivity contribution in [3.8, 4) is 17.1 Å². The quantitative estimate of drug-likeness (QED) is 0.555. The Morgan fingerprint density at radius 2 is 1.65 bits per heavy atom. The second-order valence-electron chi connectivity index (χ2n) is 5.91. The van der Waals surface area contributed by atoms with Gasteiger partial charge in [0.1, 0.15) is 17.2 Å². The van der Waals surface area contributed by atoms with Gasteiger partial charge in [0.05, 0.1) is 16.6 Å². The van der Waals surface area contributed by atoms with Crippen molar-refractivity contribution in [2.24, 2.45) is 0 Å². The van der Waals surface area contributed by atoms with Crippen LogP contribution in [0, 0.1) is 5.82 Å². The van der Waals surface area contributed by atoms with Gasteiger partial charge in [0.2, 0.25) is 0 Å². The Bertz CT molecular complexity index is 1200. The Labute approximate surface area is 149 Å². The van der Waals surface area contributed by atoms with Gasteiger partial charge in [-0.2, -0.15) is 0 Å². The van der Waals surface area contributed by atoms with Crippen LogP contribution >= 0.6 is 0 Å². The number of nitrogens with zero attached hydrogens (tertiary/aromatic N) is 3. The van der Waals surface area contributed by atoms with Crippen molar-refractivity contribution < 1.29 is 12.8 Å². The number of halogens is 1. The number of hydrogen-bond acceptors (Lipinski definition) is 4. The van der Waals surface area contributed by atoms with Crippen LogP contribution in [0.25, 0.3) is 28.1 Å². The molecule has 0 unspecified atom stereocenters. The van der Waals surface area contributed by atoms with Gasteiger partial charge < -0.3 is 0 Å². The molecule has 4 aromatic rings. The highest BCUT2D eigenvalue weighted by Gasteiger charge is 2.15. The number of rotatable bonds is 3. The zero-order valence-electron chi connectivity index (χ0n) is 13.8. The molecular formula is C19H14FN3O2S. The highest BCUT2D eigenvalue weighted by molar-refractivity contribution is 7.90. The summed E-state index contributed by atoms with van der Waals surface area (Å²) in [6.07, 6.45) is 4.49. The highest BCUT2D eigenvalue weighted by atomic mass is 32.2. The Kier molecular flexibility index (Phi) is 3.81. The van der Waals surface area contributed by atoms with Crippen LogP contribution in [-0.4, -0.2) is 29.2 Å².